The lowest BCUT2D eigenvalue weighted by Gasteiger charge is -2.14. The van der Waals surface area contributed by atoms with Crippen LogP contribution in [0.15, 0.2) is 0 Å². The second-order valence-corrected chi connectivity index (χ2v) is 5.92. The quantitative estimate of drug-likeness (QED) is 0.513. The Hall–Kier alpha value is 0.0569. The minimum Gasteiger partial charge on any atom is -0.376 e. The molecule has 0 spiro atoms. The summed E-state index contributed by atoms with van der Waals surface area (Å²) in [6, 6.07) is 0. The average molecular weight is 238 g/mol. The van der Waals surface area contributed by atoms with Crippen molar-refractivity contribution in [1.82, 2.24) is 0 Å². The lowest BCUT2D eigenvalue weighted by Crippen LogP contribution is -2.27. The Bertz CT molecular complexity index is 108. The molecule has 0 bridgehead atoms. The van der Waals surface area contributed by atoms with E-state index in [0.29, 0.717) is 19.8 Å². The van der Waals surface area contributed by atoms with E-state index in [2.05, 4.69) is 28.2 Å². The molecule has 4 nitrogen and oxygen atoms in total. The molecule has 94 valence electrons. The van der Waals surface area contributed by atoms with E-state index in [1.165, 1.54) is 0 Å². The van der Waals surface area contributed by atoms with Crippen LogP contribution in [0.1, 0.15) is 20.8 Å². The molecule has 0 amide bonds. The normalized spacial score (nSPS) is 11.2. The highest BCUT2D eigenvalue weighted by molar-refractivity contribution is 6.36. The third-order valence-corrected chi connectivity index (χ3v) is 2.72. The fraction of sp³-hybridized carbons (Fsp3) is 1.00. The maximum atomic E-state index is 5.22. The second-order valence-electron chi connectivity index (χ2n) is 4.34. The summed E-state index contributed by atoms with van der Waals surface area (Å²) in [5, 5.41) is 0. The van der Waals surface area contributed by atoms with Crippen LogP contribution in [-0.4, -0.2) is 62.0 Å². The predicted octanol–water partition coefficient (Wildman–Crippen LogP) is 1.14. The van der Waals surface area contributed by atoms with E-state index in [9.17, 15) is 0 Å². The predicted molar refractivity (Wildman–Crippen MR) is 66.0 cm³/mol. The molecular formula is C10H28NO3Si+. The van der Waals surface area contributed by atoms with Gasteiger partial charge in [0.2, 0.25) is 0 Å². The first-order valence-electron chi connectivity index (χ1n) is 5.48. The molecule has 0 aliphatic heterocycles. The van der Waals surface area contributed by atoms with E-state index >= 15 is 0 Å². The van der Waals surface area contributed by atoms with Gasteiger partial charge in [0.1, 0.15) is 0 Å². The average Bonchev–Trinajstić information content (AvgIpc) is 2.02. The van der Waals surface area contributed by atoms with Gasteiger partial charge in [0.25, 0.3) is 0 Å². The Morgan fingerprint density at radius 2 is 0.933 bits per heavy atom. The summed E-state index contributed by atoms with van der Waals surface area (Å²) in [5.74, 6) is 0. The van der Waals surface area contributed by atoms with E-state index in [1.54, 1.807) is 0 Å². The van der Waals surface area contributed by atoms with Gasteiger partial charge in [-0.2, -0.15) is 0 Å². The molecule has 0 aliphatic rings. The monoisotopic (exact) mass is 238 g/mol. The van der Waals surface area contributed by atoms with Gasteiger partial charge >= 0.3 is 9.53 Å². The maximum absolute atomic E-state index is 5.22. The second kappa shape index (κ2) is 10.6. The molecule has 0 saturated carbocycles. The Kier molecular flexibility index (Phi) is 12.3. The molecule has 0 radical (unpaired) electrons. The zero-order valence-electron chi connectivity index (χ0n) is 11.4. The van der Waals surface area contributed by atoms with E-state index < -0.39 is 9.53 Å². The van der Waals surface area contributed by atoms with Crippen LogP contribution >= 0.6 is 0 Å². The summed E-state index contributed by atoms with van der Waals surface area (Å²) in [5.41, 5.74) is 0. The summed E-state index contributed by atoms with van der Waals surface area (Å²) in [4.78, 5) is 0. The lowest BCUT2D eigenvalue weighted by atomic mass is 10.8. The number of rotatable bonds is 6. The molecule has 0 unspecified atom stereocenters. The van der Waals surface area contributed by atoms with Crippen molar-refractivity contribution in [3.63, 3.8) is 0 Å². The van der Waals surface area contributed by atoms with Gasteiger partial charge in [-0.15, -0.1) is 0 Å². The van der Waals surface area contributed by atoms with E-state index in [4.69, 9.17) is 13.3 Å². The topological polar surface area (TPSA) is 27.7 Å². The van der Waals surface area contributed by atoms with Crippen molar-refractivity contribution in [3.05, 3.63) is 0 Å². The first-order valence-corrected chi connectivity index (χ1v) is 6.90. The standard InChI is InChI=1S/C6H16O3Si.C4H12N/c1-4-7-10(8-5-2)9-6-3;1-5(2,3)4/h10H,4-6H2,1-3H3;1-4H3/q;+1. The molecular weight excluding hydrogens is 210 g/mol. The summed E-state index contributed by atoms with van der Waals surface area (Å²) in [7, 11) is 6.77. The van der Waals surface area contributed by atoms with Crippen LogP contribution in [0.4, 0.5) is 0 Å². The number of nitrogens with zero attached hydrogens (tertiary/aromatic N) is 1. The van der Waals surface area contributed by atoms with Crippen LogP contribution in [0, 0.1) is 0 Å². The molecule has 0 rings (SSSR count). The number of quaternary nitrogens is 1. The highest BCUT2D eigenvalue weighted by Crippen LogP contribution is 1.91. The van der Waals surface area contributed by atoms with Gasteiger partial charge < -0.3 is 17.8 Å². The first kappa shape index (κ1) is 17.5. The van der Waals surface area contributed by atoms with Crippen molar-refractivity contribution in [2.24, 2.45) is 0 Å². The minimum absolute atomic E-state index is 0.677. The summed E-state index contributed by atoms with van der Waals surface area (Å²) in [6.07, 6.45) is 0. The Balaban J connectivity index is 0. The molecule has 0 aromatic heterocycles. The molecule has 0 fully saturated rings. The van der Waals surface area contributed by atoms with Gasteiger partial charge in [0.15, 0.2) is 0 Å². The van der Waals surface area contributed by atoms with Crippen molar-refractivity contribution in [1.29, 1.82) is 0 Å². The first-order chi connectivity index (χ1) is 6.85. The summed E-state index contributed by atoms with van der Waals surface area (Å²) in [6.45, 7) is 7.86. The molecule has 0 saturated heterocycles. The van der Waals surface area contributed by atoms with Crippen LogP contribution < -0.4 is 0 Å². The lowest BCUT2D eigenvalue weighted by molar-refractivity contribution is -0.849. The molecule has 5 heteroatoms. The fourth-order valence-electron chi connectivity index (χ4n) is 0.553. The van der Waals surface area contributed by atoms with Gasteiger partial charge in [-0.25, -0.2) is 0 Å². The van der Waals surface area contributed by atoms with Crippen molar-refractivity contribution < 1.29 is 17.8 Å². The highest BCUT2D eigenvalue weighted by atomic mass is 28.3. The van der Waals surface area contributed by atoms with Gasteiger partial charge in [0.05, 0.1) is 28.2 Å². The third-order valence-electron chi connectivity index (χ3n) is 0.908. The van der Waals surface area contributed by atoms with Gasteiger partial charge in [-0.3, -0.25) is 0 Å². The molecule has 0 aliphatic carbocycles. The molecule has 0 aromatic carbocycles. The van der Waals surface area contributed by atoms with Crippen LogP contribution in [-0.2, 0) is 13.3 Å². The Labute approximate surface area is 96.7 Å². The maximum Gasteiger partial charge on any atom is 0.484 e. The molecule has 0 atom stereocenters. The van der Waals surface area contributed by atoms with Crippen LogP contribution in [0.3, 0.4) is 0 Å². The molecule has 0 heterocycles. The summed E-state index contributed by atoms with van der Waals surface area (Å²) < 4.78 is 16.7. The largest absolute Gasteiger partial charge is 0.484 e. The van der Waals surface area contributed by atoms with E-state index in [1.807, 2.05) is 20.8 Å². The van der Waals surface area contributed by atoms with Crippen molar-refractivity contribution in [2.75, 3.05) is 48.0 Å². The molecule has 0 aromatic rings. The number of hydrogen-bond acceptors (Lipinski definition) is 3. The van der Waals surface area contributed by atoms with E-state index in [-0.39, 0.29) is 0 Å². The third kappa shape index (κ3) is 24.9. The van der Waals surface area contributed by atoms with Crippen molar-refractivity contribution in [2.45, 2.75) is 20.8 Å². The Morgan fingerprint density at radius 1 is 0.733 bits per heavy atom. The van der Waals surface area contributed by atoms with Gasteiger partial charge in [-0.05, 0) is 20.8 Å². The smallest absolute Gasteiger partial charge is 0.376 e. The van der Waals surface area contributed by atoms with E-state index in [0.717, 1.165) is 4.48 Å². The van der Waals surface area contributed by atoms with Crippen LogP contribution in [0.5, 0.6) is 0 Å². The van der Waals surface area contributed by atoms with Crippen molar-refractivity contribution >= 4 is 9.53 Å². The van der Waals surface area contributed by atoms with Crippen LogP contribution in [0.25, 0.3) is 0 Å². The molecule has 15 heavy (non-hydrogen) atoms. The van der Waals surface area contributed by atoms with Gasteiger partial charge in [0, 0.05) is 19.8 Å². The van der Waals surface area contributed by atoms with Gasteiger partial charge in [-0.1, -0.05) is 0 Å². The van der Waals surface area contributed by atoms with Crippen molar-refractivity contribution in [3.8, 4) is 0 Å². The summed E-state index contributed by atoms with van der Waals surface area (Å²) >= 11 is 0. The fourth-order valence-corrected chi connectivity index (χ4v) is 1.66. The minimum atomic E-state index is -1.73. The molecule has 0 N–H and O–H groups in total. The highest BCUT2D eigenvalue weighted by Gasteiger charge is 2.11. The SMILES string of the molecule is CCO[SiH](OCC)OCC.C[N+](C)(C)C. The Morgan fingerprint density at radius 3 is 1.07 bits per heavy atom. The number of hydrogen-bond donors (Lipinski definition) is 0. The van der Waals surface area contributed by atoms with Crippen LogP contribution in [0.2, 0.25) is 0 Å². The zero-order valence-corrected chi connectivity index (χ0v) is 12.5. The zero-order chi connectivity index (χ0) is 12.3.